The second kappa shape index (κ2) is 23.1. The van der Waals surface area contributed by atoms with Gasteiger partial charge in [-0.15, -0.1) is 4.48 Å². The van der Waals surface area contributed by atoms with Gasteiger partial charge < -0.3 is 21.3 Å². The Labute approximate surface area is 258 Å². The maximum Gasteiger partial charge on any atom is 0.474 e. The maximum absolute atomic E-state index is 14.0. The van der Waals surface area contributed by atoms with E-state index < -0.39 is 42.7 Å². The van der Waals surface area contributed by atoms with Gasteiger partial charge in [-0.3, -0.25) is 36.7 Å². The lowest BCUT2D eigenvalue weighted by atomic mass is 10.1. The van der Waals surface area contributed by atoms with Gasteiger partial charge in [0, 0.05) is 20.2 Å². The fourth-order valence-corrected chi connectivity index (χ4v) is 6.58. The summed E-state index contributed by atoms with van der Waals surface area (Å²) in [6.07, 6.45) is 6.78. The molecule has 4 unspecified atom stereocenters. The van der Waals surface area contributed by atoms with E-state index in [1.165, 1.54) is 12.1 Å². The number of nitrogens with two attached hydrogens (primary N) is 2. The Bertz CT molecular complexity index is 1070. The van der Waals surface area contributed by atoms with Crippen LogP contribution >= 0.6 is 23.2 Å². The first kappa shape index (κ1) is 40.8. The summed E-state index contributed by atoms with van der Waals surface area (Å²) in [6, 6.07) is 7.86. The van der Waals surface area contributed by atoms with Crippen LogP contribution in [0.5, 0.6) is 0 Å². The summed E-state index contributed by atoms with van der Waals surface area (Å²) in [6.45, 7) is -0.644. The second-order valence-corrected chi connectivity index (χ2v) is 14.7. The molecule has 7 N–H and O–H groups in total. The molecule has 0 heterocycles. The summed E-state index contributed by atoms with van der Waals surface area (Å²) in [5, 5.41) is 0.129. The van der Waals surface area contributed by atoms with Gasteiger partial charge in [-0.25, -0.2) is 9.13 Å². The number of nitrogens with one attached hydrogen (secondary N) is 1. The molecule has 0 aliphatic carbocycles. The van der Waals surface area contributed by atoms with Gasteiger partial charge in [-0.2, -0.15) is 5.54 Å². The van der Waals surface area contributed by atoms with E-state index in [4.69, 9.17) is 34.1 Å². The van der Waals surface area contributed by atoms with Crippen LogP contribution in [0.4, 0.5) is 4.48 Å². The van der Waals surface area contributed by atoms with E-state index in [9.17, 15) is 28.0 Å². The third kappa shape index (κ3) is 20.0. The zero-order valence-corrected chi connectivity index (χ0v) is 27.9. The van der Waals surface area contributed by atoms with E-state index in [0.29, 0.717) is 45.1 Å². The van der Waals surface area contributed by atoms with E-state index in [-0.39, 0.29) is 24.4 Å². The number of phosphoric ester groups is 2. The molecule has 1 rings (SSSR count). The van der Waals surface area contributed by atoms with Gasteiger partial charge in [0.25, 0.3) is 0 Å². The van der Waals surface area contributed by atoms with E-state index in [1.54, 1.807) is 23.7 Å². The highest BCUT2D eigenvalue weighted by Crippen LogP contribution is 2.52. The monoisotopic (exact) mass is 692 g/mol. The van der Waals surface area contributed by atoms with Gasteiger partial charge in [0.1, 0.15) is 0 Å². The van der Waals surface area contributed by atoms with E-state index in [2.05, 4.69) is 9.52 Å². The number of benzene rings is 1. The first-order valence-corrected chi connectivity index (χ1v) is 19.0. The van der Waals surface area contributed by atoms with Crippen molar-refractivity contribution in [1.82, 2.24) is 5.54 Å². The van der Waals surface area contributed by atoms with Crippen molar-refractivity contribution in [3.05, 3.63) is 30.3 Å². The number of nitrogens with zero attached hydrogens (tertiary/aromatic N) is 1. The van der Waals surface area contributed by atoms with Gasteiger partial charge >= 0.3 is 23.2 Å². The minimum absolute atomic E-state index is 0.0633. The van der Waals surface area contributed by atoms with E-state index in [0.717, 1.165) is 39.2 Å². The van der Waals surface area contributed by atoms with Gasteiger partial charge in [-0.1, -0.05) is 63.1 Å². The number of hydrogen-bond donors (Lipinski definition) is 5. The van der Waals surface area contributed by atoms with Crippen molar-refractivity contribution in [3.63, 3.8) is 0 Å². The van der Waals surface area contributed by atoms with Crippen LogP contribution in [-0.4, -0.2) is 62.1 Å². The Morgan fingerprint density at radius 2 is 1.50 bits per heavy atom. The molecular formula is C25H48FN4O11P3. The van der Waals surface area contributed by atoms with Crippen LogP contribution in [-0.2, 0) is 40.8 Å². The maximum atomic E-state index is 14.0. The first-order valence-electron chi connectivity index (χ1n) is 14.5. The molecule has 44 heavy (non-hydrogen) atoms. The average molecular weight is 693 g/mol. The highest BCUT2D eigenvalue weighted by molar-refractivity contribution is 7.62. The summed E-state index contributed by atoms with van der Waals surface area (Å²) in [4.78, 5) is 23.7. The van der Waals surface area contributed by atoms with Gasteiger partial charge in [0.05, 0.1) is 24.6 Å². The van der Waals surface area contributed by atoms with Crippen molar-refractivity contribution in [2.75, 3.05) is 40.2 Å². The Kier molecular flexibility index (Phi) is 21.4. The molecule has 4 atom stereocenters. The van der Waals surface area contributed by atoms with E-state index in [1.807, 2.05) is 0 Å². The zero-order chi connectivity index (χ0) is 32.7. The molecule has 0 saturated heterocycles. The third-order valence-corrected chi connectivity index (χ3v) is 9.93. The van der Waals surface area contributed by atoms with Gasteiger partial charge in [0.15, 0.2) is 12.8 Å². The molecule has 0 aliphatic heterocycles. The normalized spacial score (nSPS) is 16.5. The zero-order valence-electron chi connectivity index (χ0n) is 25.2. The topological polar surface area (TPSA) is 223 Å². The SMILES string of the molecule is COP(=O)(O)OCC(CCCCCCCCN=C(N)N)OP(=O)(OCOP(=O)(O)OCCCCCCNF)c1ccccc1. The van der Waals surface area contributed by atoms with Crippen LogP contribution in [0, 0.1) is 0 Å². The number of rotatable bonds is 28. The third-order valence-electron chi connectivity index (χ3n) is 6.10. The Hall–Kier alpha value is -1.25. The molecule has 0 aliphatic rings. The average Bonchev–Trinajstić information content (AvgIpc) is 2.98. The number of phosphoric acid groups is 2. The van der Waals surface area contributed by atoms with Crippen LogP contribution in [0.2, 0.25) is 0 Å². The van der Waals surface area contributed by atoms with Crippen molar-refractivity contribution in [2.45, 2.75) is 76.7 Å². The number of guanidine groups is 1. The van der Waals surface area contributed by atoms with Crippen molar-refractivity contribution in [3.8, 4) is 0 Å². The van der Waals surface area contributed by atoms with Crippen molar-refractivity contribution >= 4 is 34.5 Å². The smallest absolute Gasteiger partial charge is 0.370 e. The molecule has 256 valence electrons. The van der Waals surface area contributed by atoms with Crippen LogP contribution in [0.25, 0.3) is 0 Å². The van der Waals surface area contributed by atoms with Gasteiger partial charge in [-0.05, 0) is 37.8 Å². The highest BCUT2D eigenvalue weighted by atomic mass is 31.2. The fraction of sp³-hybridized carbons (Fsp3) is 0.720. The lowest BCUT2D eigenvalue weighted by Crippen LogP contribution is -2.23. The Morgan fingerprint density at radius 3 is 2.16 bits per heavy atom. The molecule has 0 saturated carbocycles. The lowest BCUT2D eigenvalue weighted by Gasteiger charge is -2.25. The Balaban J connectivity index is 2.77. The summed E-state index contributed by atoms with van der Waals surface area (Å²) < 4.78 is 80.6. The highest BCUT2D eigenvalue weighted by Gasteiger charge is 2.34. The molecule has 0 radical (unpaired) electrons. The summed E-state index contributed by atoms with van der Waals surface area (Å²) in [7, 11) is -12.1. The molecule has 0 fully saturated rings. The van der Waals surface area contributed by atoms with Crippen molar-refractivity contribution in [2.24, 2.45) is 16.5 Å². The van der Waals surface area contributed by atoms with Crippen LogP contribution < -0.4 is 22.3 Å². The standard InChI is InChI=1S/C25H48FN4O11P3/c1-36-43(32,33)38-21-23(15-9-4-2-3-5-12-18-29-25(27)28)41-42(31,24-16-10-8-11-17-24)39-22-40-44(34,35)37-20-14-7-6-13-19-30-26/h8,10-11,16-17,23,30H,2-7,9,12-15,18-22H2,1H3,(H,32,33)(H,34,35)(H4,27,28,29). The summed E-state index contributed by atoms with van der Waals surface area (Å²) >= 11 is 0. The van der Waals surface area contributed by atoms with Crippen molar-refractivity contribution < 1.29 is 55.1 Å². The molecule has 0 bridgehead atoms. The number of aliphatic imine (C=N–C) groups is 1. The van der Waals surface area contributed by atoms with Crippen LogP contribution in [0.15, 0.2) is 35.3 Å². The second-order valence-electron chi connectivity index (χ2n) is 9.70. The summed E-state index contributed by atoms with van der Waals surface area (Å²) in [5.74, 6) is 0.0633. The predicted octanol–water partition coefficient (Wildman–Crippen LogP) is 4.80. The minimum Gasteiger partial charge on any atom is -0.370 e. The quantitative estimate of drug-likeness (QED) is 0.0199. The predicted molar refractivity (Wildman–Crippen MR) is 165 cm³/mol. The number of halogens is 1. The van der Waals surface area contributed by atoms with E-state index >= 15 is 0 Å². The number of unbranched alkanes of at least 4 members (excludes halogenated alkanes) is 8. The largest absolute Gasteiger partial charge is 0.474 e. The molecule has 19 heteroatoms. The first-order chi connectivity index (χ1) is 20.9. The van der Waals surface area contributed by atoms with Crippen molar-refractivity contribution in [1.29, 1.82) is 0 Å². The molecule has 0 aromatic heterocycles. The molecule has 15 nitrogen and oxygen atoms in total. The fourth-order valence-electron chi connectivity index (χ4n) is 3.79. The Morgan fingerprint density at radius 1 is 0.864 bits per heavy atom. The molecule has 1 aromatic rings. The lowest BCUT2D eigenvalue weighted by molar-refractivity contribution is 0.0352. The summed E-state index contributed by atoms with van der Waals surface area (Å²) in [5.41, 5.74) is 12.2. The molecule has 0 spiro atoms. The number of hydrogen-bond acceptors (Lipinski definition) is 11. The molecule has 1 aromatic carbocycles. The molecule has 0 amide bonds. The van der Waals surface area contributed by atoms with Crippen LogP contribution in [0.1, 0.15) is 70.6 Å². The van der Waals surface area contributed by atoms with Crippen LogP contribution in [0.3, 0.4) is 0 Å². The molecular weight excluding hydrogens is 644 g/mol. The minimum atomic E-state index is -4.55. The van der Waals surface area contributed by atoms with Gasteiger partial charge in [0.2, 0.25) is 0 Å².